The number of hydrogen-bond acceptors (Lipinski definition) is 4. The highest BCUT2D eigenvalue weighted by Crippen LogP contribution is 2.64. The molecule has 0 amide bonds. The van der Waals surface area contributed by atoms with Gasteiger partial charge in [0.15, 0.2) is 11.5 Å². The second-order valence-corrected chi connectivity index (χ2v) is 13.8. The highest BCUT2D eigenvalue weighted by molar-refractivity contribution is 5.74. The van der Waals surface area contributed by atoms with E-state index in [9.17, 15) is 9.90 Å². The summed E-state index contributed by atoms with van der Waals surface area (Å²) in [6, 6.07) is 2.21. The van der Waals surface area contributed by atoms with Gasteiger partial charge in [-0.25, -0.2) is 0 Å². The van der Waals surface area contributed by atoms with E-state index in [2.05, 4.69) is 60.6 Å². The summed E-state index contributed by atoms with van der Waals surface area (Å²) in [5, 5.41) is 10.2. The summed E-state index contributed by atoms with van der Waals surface area (Å²) in [5.41, 5.74) is 10.8. The van der Waals surface area contributed by atoms with Crippen molar-refractivity contribution < 1.29 is 19.4 Å². The molecule has 0 aromatic heterocycles. The monoisotopic (exact) mass is 525 g/mol. The van der Waals surface area contributed by atoms with E-state index in [0.29, 0.717) is 18.4 Å². The second-order valence-electron chi connectivity index (χ2n) is 13.8. The minimum absolute atomic E-state index is 0.0670. The fraction of sp³-hybridized carbons (Fsp3) is 0.727. The van der Waals surface area contributed by atoms with Crippen LogP contribution >= 0.6 is 0 Å². The van der Waals surface area contributed by atoms with Crippen molar-refractivity contribution in [3.05, 3.63) is 34.4 Å². The predicted octanol–water partition coefficient (Wildman–Crippen LogP) is 7.95. The maximum Gasteiger partial charge on any atom is 0.309 e. The van der Waals surface area contributed by atoms with Crippen LogP contribution in [0, 0.1) is 35.0 Å². The minimum Gasteiger partial charge on any atom is -0.481 e. The average molecular weight is 526 g/mol. The molecule has 1 heterocycles. The highest BCUT2D eigenvalue weighted by Gasteiger charge is 2.56. The van der Waals surface area contributed by atoms with Crippen LogP contribution in [-0.2, 0) is 4.79 Å². The first-order chi connectivity index (χ1) is 17.6. The van der Waals surface area contributed by atoms with E-state index in [-0.39, 0.29) is 22.7 Å². The Bertz CT molecular complexity index is 1140. The average Bonchev–Trinajstić information content (AvgIpc) is 3.19. The Labute approximate surface area is 230 Å². The van der Waals surface area contributed by atoms with Crippen molar-refractivity contribution in [2.45, 2.75) is 119 Å². The molecule has 3 aliphatic rings. The predicted molar refractivity (Wildman–Crippen MR) is 154 cm³/mol. The molecule has 1 aliphatic heterocycles. The maximum atomic E-state index is 12.4. The largest absolute Gasteiger partial charge is 0.481 e. The van der Waals surface area contributed by atoms with Gasteiger partial charge < -0.3 is 20.3 Å². The van der Waals surface area contributed by atoms with Gasteiger partial charge in [0.2, 0.25) is 5.79 Å². The molecule has 0 unspecified atom stereocenters. The number of fused-ring (bicyclic) bond motifs is 2. The quantitative estimate of drug-likeness (QED) is 0.353. The zero-order chi connectivity index (χ0) is 28.4. The first-order valence-electron chi connectivity index (χ1n) is 14.8. The summed E-state index contributed by atoms with van der Waals surface area (Å²) in [6.07, 6.45) is 6.91. The van der Waals surface area contributed by atoms with E-state index < -0.39 is 17.2 Å². The normalized spacial score (nSPS) is 33.1. The van der Waals surface area contributed by atoms with Gasteiger partial charge in [-0.05, 0) is 91.4 Å². The van der Waals surface area contributed by atoms with Crippen LogP contribution in [0.1, 0.15) is 123 Å². The number of aliphatic carboxylic acids is 1. The van der Waals surface area contributed by atoms with Crippen LogP contribution in [0.5, 0.6) is 11.5 Å². The lowest BCUT2D eigenvalue weighted by Gasteiger charge is -2.58. The molecule has 5 heteroatoms. The summed E-state index contributed by atoms with van der Waals surface area (Å²) in [7, 11) is 0. The molecule has 1 aromatic carbocycles. The lowest BCUT2D eigenvalue weighted by atomic mass is 9.46. The van der Waals surface area contributed by atoms with Crippen molar-refractivity contribution in [2.24, 2.45) is 33.8 Å². The Morgan fingerprint density at radius 3 is 2.37 bits per heavy atom. The number of carboxylic acid groups (broad SMARTS) is 1. The third-order valence-electron chi connectivity index (χ3n) is 11.4. The lowest BCUT2D eigenvalue weighted by molar-refractivity contribution is -0.155. The third-order valence-corrected chi connectivity index (χ3v) is 11.4. The lowest BCUT2D eigenvalue weighted by Crippen LogP contribution is -2.51. The summed E-state index contributed by atoms with van der Waals surface area (Å²) < 4.78 is 12.4. The SMILES string of the molecule is CC[C@@](C)([C@@H]1C[C@](C)(C(=O)O)CC[C@H]1C)[C@](C)(CC)C1=C[C@@H](CN)c2c(cc3c(c2C)OC(C)(C)O3)[C@H]1C. The number of nitrogens with two attached hydrogens (primary N) is 1. The summed E-state index contributed by atoms with van der Waals surface area (Å²) in [5.74, 6) is 1.44. The van der Waals surface area contributed by atoms with Gasteiger partial charge in [-0.3, -0.25) is 4.79 Å². The van der Waals surface area contributed by atoms with Crippen LogP contribution in [0.25, 0.3) is 0 Å². The third kappa shape index (κ3) is 4.19. The van der Waals surface area contributed by atoms with Crippen molar-refractivity contribution in [3.63, 3.8) is 0 Å². The number of benzene rings is 1. The van der Waals surface area contributed by atoms with Crippen molar-refractivity contribution in [1.82, 2.24) is 0 Å². The molecule has 212 valence electrons. The van der Waals surface area contributed by atoms with Crippen molar-refractivity contribution >= 4 is 5.97 Å². The number of ether oxygens (including phenoxy) is 2. The Kier molecular flexibility index (Phi) is 7.30. The summed E-state index contributed by atoms with van der Waals surface area (Å²) in [4.78, 5) is 12.4. The molecule has 1 aromatic rings. The number of hydrogen-bond donors (Lipinski definition) is 2. The molecule has 3 N–H and O–H groups in total. The van der Waals surface area contributed by atoms with Crippen LogP contribution in [0.3, 0.4) is 0 Å². The first-order valence-corrected chi connectivity index (χ1v) is 14.8. The van der Waals surface area contributed by atoms with Gasteiger partial charge in [-0.2, -0.15) is 0 Å². The highest BCUT2D eigenvalue weighted by atomic mass is 16.7. The molecule has 0 saturated heterocycles. The number of carboxylic acids is 1. The standard InChI is InChI=1S/C33H51NO4/c1-11-32(9,33(10,12-2)25-17-31(8,29(35)36)14-13-19(25)3)24-15-22(18-34)27-21(5)28-26(16-23(27)20(24)4)37-30(6,7)38-28/h15-16,19-20,22,25H,11-14,17-18,34H2,1-10H3,(H,35,36)/t19-,20-,22+,25-,31-,32-,33+/m1/s1. The van der Waals surface area contributed by atoms with Gasteiger partial charge >= 0.3 is 5.97 Å². The molecular weight excluding hydrogens is 474 g/mol. The summed E-state index contributed by atoms with van der Waals surface area (Å²) in [6.45, 7) is 22.7. The van der Waals surface area contributed by atoms with Gasteiger partial charge in [-0.1, -0.05) is 53.2 Å². The molecule has 7 atom stereocenters. The van der Waals surface area contributed by atoms with Gasteiger partial charge in [0.1, 0.15) is 0 Å². The summed E-state index contributed by atoms with van der Waals surface area (Å²) >= 11 is 0. The van der Waals surface area contributed by atoms with Crippen LogP contribution in [-0.4, -0.2) is 23.4 Å². The fourth-order valence-electron chi connectivity index (χ4n) is 8.44. The molecule has 1 saturated carbocycles. The van der Waals surface area contributed by atoms with Crippen LogP contribution < -0.4 is 15.2 Å². The topological polar surface area (TPSA) is 81.8 Å². The van der Waals surface area contributed by atoms with Crippen molar-refractivity contribution in [2.75, 3.05) is 6.54 Å². The van der Waals surface area contributed by atoms with Gasteiger partial charge in [0.25, 0.3) is 0 Å². The Morgan fingerprint density at radius 1 is 1.16 bits per heavy atom. The molecule has 2 aliphatic carbocycles. The van der Waals surface area contributed by atoms with Crippen LogP contribution in [0.4, 0.5) is 0 Å². The Balaban J connectivity index is 1.84. The van der Waals surface area contributed by atoms with E-state index in [0.717, 1.165) is 49.2 Å². The van der Waals surface area contributed by atoms with E-state index >= 15 is 0 Å². The zero-order valence-corrected chi connectivity index (χ0v) is 25.5. The van der Waals surface area contributed by atoms with Gasteiger partial charge in [0, 0.05) is 32.2 Å². The van der Waals surface area contributed by atoms with Crippen molar-refractivity contribution in [3.8, 4) is 11.5 Å². The Morgan fingerprint density at radius 2 is 1.82 bits per heavy atom. The van der Waals surface area contributed by atoms with E-state index in [1.54, 1.807) is 0 Å². The fourth-order valence-corrected chi connectivity index (χ4v) is 8.44. The van der Waals surface area contributed by atoms with Gasteiger partial charge in [0.05, 0.1) is 5.41 Å². The molecular formula is C33H51NO4. The Hall–Kier alpha value is -2.01. The smallest absolute Gasteiger partial charge is 0.309 e. The van der Waals surface area contributed by atoms with Crippen LogP contribution in [0.2, 0.25) is 0 Å². The van der Waals surface area contributed by atoms with E-state index in [1.807, 2.05) is 20.8 Å². The molecule has 38 heavy (non-hydrogen) atoms. The van der Waals surface area contributed by atoms with Crippen molar-refractivity contribution in [1.29, 1.82) is 0 Å². The molecule has 4 rings (SSSR count). The van der Waals surface area contributed by atoms with Crippen LogP contribution in [0.15, 0.2) is 17.7 Å². The number of allylic oxidation sites excluding steroid dienone is 1. The minimum atomic E-state index is -0.679. The number of rotatable bonds is 7. The molecule has 0 spiro atoms. The van der Waals surface area contributed by atoms with E-state index in [1.165, 1.54) is 16.7 Å². The second kappa shape index (κ2) is 9.57. The number of carbonyl (C=O) groups is 1. The first kappa shape index (κ1) is 29.0. The molecule has 0 bridgehead atoms. The maximum absolute atomic E-state index is 12.4. The van der Waals surface area contributed by atoms with Gasteiger partial charge in [-0.15, -0.1) is 0 Å². The molecule has 5 nitrogen and oxygen atoms in total. The zero-order valence-electron chi connectivity index (χ0n) is 25.5. The molecule has 1 fully saturated rings. The van der Waals surface area contributed by atoms with E-state index in [4.69, 9.17) is 15.2 Å². The molecule has 0 radical (unpaired) electrons.